The molecule has 0 aliphatic heterocycles. The van der Waals surface area contributed by atoms with Gasteiger partial charge in [0, 0.05) is 23.8 Å². The Kier molecular flexibility index (Phi) is 4.13. The highest BCUT2D eigenvalue weighted by molar-refractivity contribution is 5.86. The summed E-state index contributed by atoms with van der Waals surface area (Å²) in [6.45, 7) is 5.54. The molecule has 1 heterocycles. The summed E-state index contributed by atoms with van der Waals surface area (Å²) in [5, 5.41) is 4.85. The summed E-state index contributed by atoms with van der Waals surface area (Å²) in [7, 11) is 0. The number of nitrogens with one attached hydrogen (secondary N) is 1. The van der Waals surface area contributed by atoms with Crippen molar-refractivity contribution in [2.24, 2.45) is 0 Å². The van der Waals surface area contributed by atoms with Crippen molar-refractivity contribution in [3.63, 3.8) is 0 Å². The van der Waals surface area contributed by atoms with Crippen LogP contribution in [0, 0.1) is 0 Å². The topological polar surface area (TPSA) is 24.9 Å². The molecule has 1 aromatic carbocycles. The van der Waals surface area contributed by atoms with E-state index in [-0.39, 0.29) is 0 Å². The smallest absolute Gasteiger partial charge is 0.0734 e. The van der Waals surface area contributed by atoms with Crippen molar-refractivity contribution in [2.75, 3.05) is 6.54 Å². The Bertz CT molecular complexity index is 830. The van der Waals surface area contributed by atoms with Crippen molar-refractivity contribution < 1.29 is 0 Å². The van der Waals surface area contributed by atoms with Crippen molar-refractivity contribution in [3.05, 3.63) is 58.4 Å². The van der Waals surface area contributed by atoms with Crippen molar-refractivity contribution in [3.8, 4) is 0 Å². The van der Waals surface area contributed by atoms with Crippen LogP contribution in [0.5, 0.6) is 0 Å². The third-order valence-electron chi connectivity index (χ3n) is 5.29. The minimum absolute atomic E-state index is 1.05. The molecular formula is C22H26N2. The third kappa shape index (κ3) is 3.38. The van der Waals surface area contributed by atoms with Crippen LogP contribution in [0.1, 0.15) is 57.1 Å². The first-order valence-corrected chi connectivity index (χ1v) is 9.21. The van der Waals surface area contributed by atoms with Gasteiger partial charge >= 0.3 is 0 Å². The summed E-state index contributed by atoms with van der Waals surface area (Å²) in [6.07, 6.45) is 9.30. The maximum atomic E-state index is 4.65. The zero-order chi connectivity index (χ0) is 16.5. The fraction of sp³-hybridized carbons (Fsp3) is 0.409. The lowest BCUT2D eigenvalue weighted by Crippen LogP contribution is -2.13. The van der Waals surface area contributed by atoms with Gasteiger partial charge in [0.1, 0.15) is 0 Å². The van der Waals surface area contributed by atoms with Gasteiger partial charge in [-0.15, -0.1) is 0 Å². The number of fused-ring (bicyclic) bond motifs is 1. The number of aromatic nitrogens is 1. The molecule has 2 aromatic rings. The standard InChI is InChI=1S/C22H26N2/c1-15(17-7-8-17)21-13-19(22-20(14-21)6-4-12-24-22)5-3-11-23-16(2)18-9-10-18/h4,6,12-14,23H,3,5,7-11H2,1-2H3. The van der Waals surface area contributed by atoms with Crippen LogP contribution in [-0.4, -0.2) is 11.5 Å². The second-order valence-electron chi connectivity index (χ2n) is 7.20. The van der Waals surface area contributed by atoms with E-state index in [1.54, 1.807) is 11.1 Å². The summed E-state index contributed by atoms with van der Waals surface area (Å²) in [5.74, 6) is 0. The van der Waals surface area contributed by atoms with Gasteiger partial charge in [0.2, 0.25) is 0 Å². The molecule has 4 rings (SSSR count). The number of nitrogens with zero attached hydrogens (tertiary/aromatic N) is 1. The zero-order valence-electron chi connectivity index (χ0n) is 14.8. The van der Waals surface area contributed by atoms with Gasteiger partial charge in [-0.05, 0) is 87.3 Å². The van der Waals surface area contributed by atoms with E-state index < -0.39 is 0 Å². The van der Waals surface area contributed by atoms with Crippen LogP contribution in [0.2, 0.25) is 0 Å². The zero-order valence-corrected chi connectivity index (χ0v) is 14.8. The predicted molar refractivity (Wildman–Crippen MR) is 102 cm³/mol. The average Bonchev–Trinajstić information content (AvgIpc) is 3.49. The van der Waals surface area contributed by atoms with E-state index >= 15 is 0 Å². The molecule has 2 heteroatoms. The Morgan fingerprint density at radius 2 is 1.88 bits per heavy atom. The fourth-order valence-electron chi connectivity index (χ4n) is 3.43. The van der Waals surface area contributed by atoms with Crippen molar-refractivity contribution >= 4 is 16.5 Å². The molecule has 2 aliphatic carbocycles. The molecule has 0 spiro atoms. The second-order valence-corrected chi connectivity index (χ2v) is 7.20. The highest BCUT2D eigenvalue weighted by Gasteiger charge is 2.17. The minimum Gasteiger partial charge on any atom is -0.389 e. The summed E-state index contributed by atoms with van der Waals surface area (Å²) < 4.78 is 0. The number of benzene rings is 1. The molecule has 0 bridgehead atoms. The molecule has 0 amide bonds. The van der Waals surface area contributed by atoms with Crippen LogP contribution >= 0.6 is 0 Å². The summed E-state index contributed by atoms with van der Waals surface area (Å²) in [5.41, 5.74) is 10.1. The fourth-order valence-corrected chi connectivity index (χ4v) is 3.43. The van der Waals surface area contributed by atoms with Crippen LogP contribution in [0.4, 0.5) is 0 Å². The number of pyridine rings is 1. The Morgan fingerprint density at radius 3 is 2.62 bits per heavy atom. The molecular weight excluding hydrogens is 292 g/mol. The van der Waals surface area contributed by atoms with Crippen LogP contribution in [0.25, 0.3) is 16.5 Å². The lowest BCUT2D eigenvalue weighted by molar-refractivity contribution is 0.723. The van der Waals surface area contributed by atoms with Gasteiger partial charge < -0.3 is 5.32 Å². The van der Waals surface area contributed by atoms with Crippen LogP contribution in [0.3, 0.4) is 0 Å². The minimum atomic E-state index is 1.05. The highest BCUT2D eigenvalue weighted by Crippen LogP contribution is 2.37. The maximum Gasteiger partial charge on any atom is 0.0734 e. The van der Waals surface area contributed by atoms with Crippen molar-refractivity contribution in [1.82, 2.24) is 10.3 Å². The molecule has 1 N–H and O–H groups in total. The summed E-state index contributed by atoms with van der Waals surface area (Å²) in [4.78, 5) is 4.65. The van der Waals surface area contributed by atoms with Gasteiger partial charge in [-0.2, -0.15) is 0 Å². The predicted octanol–water partition coefficient (Wildman–Crippen LogP) is 5.39. The molecule has 1 aromatic heterocycles. The Morgan fingerprint density at radius 1 is 1.08 bits per heavy atom. The van der Waals surface area contributed by atoms with E-state index in [1.165, 1.54) is 59.0 Å². The van der Waals surface area contributed by atoms with E-state index in [1.807, 2.05) is 12.3 Å². The summed E-state index contributed by atoms with van der Waals surface area (Å²) >= 11 is 0. The van der Waals surface area contributed by atoms with E-state index in [0.717, 1.165) is 19.4 Å². The number of rotatable bonds is 6. The van der Waals surface area contributed by atoms with Gasteiger partial charge in [-0.1, -0.05) is 17.2 Å². The lowest BCUT2D eigenvalue weighted by atomic mass is 9.97. The number of aryl methyl sites for hydroxylation is 1. The second kappa shape index (κ2) is 6.43. The number of hydrogen-bond donors (Lipinski definition) is 1. The Labute approximate surface area is 144 Å². The third-order valence-corrected chi connectivity index (χ3v) is 5.29. The average molecular weight is 318 g/mol. The molecule has 0 saturated heterocycles. The lowest BCUT2D eigenvalue weighted by Gasteiger charge is -2.11. The molecule has 2 fully saturated rings. The molecule has 24 heavy (non-hydrogen) atoms. The molecule has 0 unspecified atom stereocenters. The SMILES string of the molecule is CC(NCCCc1cc(C(C)=C2CC2)cc2cccnc12)=C1CC1. The van der Waals surface area contributed by atoms with E-state index in [2.05, 4.69) is 42.3 Å². The van der Waals surface area contributed by atoms with Crippen molar-refractivity contribution in [1.29, 1.82) is 0 Å². The highest BCUT2D eigenvalue weighted by atomic mass is 14.9. The first-order chi connectivity index (χ1) is 11.7. The number of allylic oxidation sites excluding steroid dienone is 4. The van der Waals surface area contributed by atoms with Crippen LogP contribution in [0.15, 0.2) is 47.3 Å². The van der Waals surface area contributed by atoms with Gasteiger partial charge in [-0.25, -0.2) is 0 Å². The molecule has 2 saturated carbocycles. The first-order valence-electron chi connectivity index (χ1n) is 9.21. The van der Waals surface area contributed by atoms with Gasteiger partial charge in [0.25, 0.3) is 0 Å². The first kappa shape index (κ1) is 15.4. The maximum absolute atomic E-state index is 4.65. The Balaban J connectivity index is 1.54. The quantitative estimate of drug-likeness (QED) is 0.722. The largest absolute Gasteiger partial charge is 0.389 e. The molecule has 0 atom stereocenters. The Hall–Kier alpha value is -2.09. The van der Waals surface area contributed by atoms with Gasteiger partial charge in [-0.3, -0.25) is 4.98 Å². The number of hydrogen-bond acceptors (Lipinski definition) is 2. The van der Waals surface area contributed by atoms with Gasteiger partial charge in [0.05, 0.1) is 5.52 Å². The van der Waals surface area contributed by atoms with E-state index in [9.17, 15) is 0 Å². The molecule has 124 valence electrons. The van der Waals surface area contributed by atoms with Crippen molar-refractivity contribution in [2.45, 2.75) is 52.4 Å². The molecule has 2 aliphatic rings. The van der Waals surface area contributed by atoms with Gasteiger partial charge in [0.15, 0.2) is 0 Å². The monoisotopic (exact) mass is 318 g/mol. The summed E-state index contributed by atoms with van der Waals surface area (Å²) in [6, 6.07) is 8.93. The molecule has 2 nitrogen and oxygen atoms in total. The van der Waals surface area contributed by atoms with E-state index in [4.69, 9.17) is 0 Å². The van der Waals surface area contributed by atoms with E-state index in [0.29, 0.717) is 0 Å². The normalized spacial score (nSPS) is 15.6. The van der Waals surface area contributed by atoms with Crippen LogP contribution in [-0.2, 0) is 6.42 Å². The molecule has 0 radical (unpaired) electrons. The van der Waals surface area contributed by atoms with Crippen LogP contribution < -0.4 is 5.32 Å².